The van der Waals surface area contributed by atoms with Gasteiger partial charge in [0.25, 0.3) is 0 Å². The molecule has 3 heteroatoms. The second-order valence-corrected chi connectivity index (χ2v) is 9.69. The van der Waals surface area contributed by atoms with Crippen molar-refractivity contribution in [3.8, 4) is 0 Å². The minimum absolute atomic E-state index is 0. The van der Waals surface area contributed by atoms with Gasteiger partial charge in [0.2, 0.25) is 0 Å². The van der Waals surface area contributed by atoms with Gasteiger partial charge in [0, 0.05) is 0 Å². The van der Waals surface area contributed by atoms with Crippen LogP contribution >= 0.6 is 0 Å². The molecule has 0 aromatic heterocycles. The maximum Gasteiger partial charge on any atom is -1.00 e. The minimum atomic E-state index is -0.430. The Hall–Kier alpha value is 1.11. The van der Waals surface area contributed by atoms with Crippen molar-refractivity contribution in [1.82, 2.24) is 0 Å². The Balaban J connectivity index is 0.00000200. The Labute approximate surface area is 173 Å². The van der Waals surface area contributed by atoms with Gasteiger partial charge in [-0.2, -0.15) is 0 Å². The fourth-order valence-electron chi connectivity index (χ4n) is 2.61. The molecule has 0 fully saturated rings. The summed E-state index contributed by atoms with van der Waals surface area (Å²) in [5, 5.41) is 0. The van der Waals surface area contributed by atoms with Crippen LogP contribution in [0.1, 0.15) is 65.2 Å². The first kappa shape index (κ1) is 22.1. The molecule has 2 aliphatic rings. The number of hydrogen-bond donors (Lipinski definition) is 0. The predicted octanol–water partition coefficient (Wildman–Crippen LogP) is -0.115. The first-order valence-corrected chi connectivity index (χ1v) is 10.7. The third kappa shape index (κ3) is 7.03. The van der Waals surface area contributed by atoms with E-state index in [2.05, 4.69) is 38.2 Å². The second kappa shape index (κ2) is 12.5. The van der Waals surface area contributed by atoms with Gasteiger partial charge in [-0.1, -0.05) is 0 Å². The van der Waals surface area contributed by atoms with Crippen LogP contribution in [0.3, 0.4) is 0 Å². The summed E-state index contributed by atoms with van der Waals surface area (Å²) in [6, 6.07) is 0. The van der Waals surface area contributed by atoms with E-state index in [9.17, 15) is 0 Å². The summed E-state index contributed by atoms with van der Waals surface area (Å²) in [5.41, 5.74) is 3.42. The topological polar surface area (TPSA) is 0 Å². The Bertz CT molecular complexity index is 390. The second-order valence-electron chi connectivity index (χ2n) is 5.42. The van der Waals surface area contributed by atoms with Crippen LogP contribution in [0.2, 0.25) is 0 Å². The van der Waals surface area contributed by atoms with Crippen molar-refractivity contribution in [2.24, 2.45) is 0 Å². The van der Waals surface area contributed by atoms with E-state index in [0.29, 0.717) is 0 Å². The van der Waals surface area contributed by atoms with E-state index in [0.717, 1.165) is 0 Å². The number of halogens is 2. The van der Waals surface area contributed by atoms with Gasteiger partial charge < -0.3 is 48.0 Å². The summed E-state index contributed by atoms with van der Waals surface area (Å²) in [6.07, 6.45) is 20.2. The Morgan fingerprint density at radius 1 is 0.810 bits per heavy atom. The molecule has 2 aliphatic carbocycles. The first-order chi connectivity index (χ1) is 9.35. The molecule has 0 spiro atoms. The van der Waals surface area contributed by atoms with E-state index < -0.39 is 18.6 Å². The Kier molecular flexibility index (Phi) is 13.2. The van der Waals surface area contributed by atoms with Gasteiger partial charge in [-0.25, -0.2) is 0 Å². The van der Waals surface area contributed by atoms with Crippen LogP contribution in [0.25, 0.3) is 0 Å². The molecule has 0 aromatic rings. The van der Waals surface area contributed by atoms with Gasteiger partial charge in [-0.05, 0) is 0 Å². The monoisotopic (exact) mass is 680 g/mol. The van der Waals surface area contributed by atoms with Crippen LogP contribution in [0.5, 0.6) is 0 Å². The quantitative estimate of drug-likeness (QED) is 0.315. The normalized spacial score (nSPS) is 16.3. The molecular formula is C18H26I2W. The van der Waals surface area contributed by atoms with E-state index in [1.54, 1.807) is 11.1 Å². The van der Waals surface area contributed by atoms with E-state index in [4.69, 9.17) is 0 Å². The molecule has 0 aliphatic heterocycles. The molecule has 0 nitrogen and oxygen atoms in total. The first-order valence-electron chi connectivity index (χ1n) is 7.80. The van der Waals surface area contributed by atoms with E-state index in [1.165, 1.54) is 51.4 Å². The van der Waals surface area contributed by atoms with Crippen molar-refractivity contribution in [2.75, 3.05) is 0 Å². The third-order valence-corrected chi connectivity index (χ3v) is 8.66. The number of unbranched alkanes of at least 4 members (excludes halogenated alkanes) is 2. The van der Waals surface area contributed by atoms with Crippen LogP contribution in [0.4, 0.5) is 0 Å². The molecular weight excluding hydrogens is 654 g/mol. The van der Waals surface area contributed by atoms with Crippen LogP contribution in [0, 0.1) is 0 Å². The Morgan fingerprint density at radius 3 is 1.62 bits per heavy atom. The summed E-state index contributed by atoms with van der Waals surface area (Å²) in [7, 11) is 0. The van der Waals surface area contributed by atoms with Gasteiger partial charge in [-0.15, -0.1) is 0 Å². The van der Waals surface area contributed by atoms with Gasteiger partial charge in [-0.3, -0.25) is 0 Å². The maximum absolute atomic E-state index is 2.42. The molecule has 0 saturated carbocycles. The zero-order chi connectivity index (χ0) is 13.5. The van der Waals surface area contributed by atoms with E-state index in [1.807, 2.05) is 7.93 Å². The molecule has 2 rings (SSSR count). The molecule has 0 aromatic carbocycles. The molecule has 0 amide bonds. The number of allylic oxidation sites excluding steroid dienone is 8. The SMILES string of the molecule is CCCCC1=[C]([W+2][C]2=C(CCCC)C=CC2)CC=C1.[I-].[I-]. The average Bonchev–Trinajstić information content (AvgIpc) is 3.04. The molecule has 0 heterocycles. The van der Waals surface area contributed by atoms with Gasteiger partial charge >= 0.3 is 127 Å². The molecule has 21 heavy (non-hydrogen) atoms. The van der Waals surface area contributed by atoms with Crippen LogP contribution in [-0.4, -0.2) is 0 Å². The molecule has 0 bridgehead atoms. The molecule has 118 valence electrons. The van der Waals surface area contributed by atoms with Gasteiger partial charge in [0.05, 0.1) is 0 Å². The molecule has 0 atom stereocenters. The predicted molar refractivity (Wildman–Crippen MR) is 80.6 cm³/mol. The Morgan fingerprint density at radius 2 is 1.24 bits per heavy atom. The zero-order valence-electron chi connectivity index (χ0n) is 13.1. The van der Waals surface area contributed by atoms with Crippen LogP contribution < -0.4 is 48.0 Å². The van der Waals surface area contributed by atoms with Crippen molar-refractivity contribution >= 4 is 0 Å². The smallest absolute Gasteiger partial charge is 1.00 e. The third-order valence-electron chi connectivity index (χ3n) is 3.81. The summed E-state index contributed by atoms with van der Waals surface area (Å²) >= 11 is -0.430. The maximum atomic E-state index is 2.42. The summed E-state index contributed by atoms with van der Waals surface area (Å²) in [4.78, 5) is 0. The summed E-state index contributed by atoms with van der Waals surface area (Å²) < 4.78 is 3.72. The van der Waals surface area contributed by atoms with Crippen molar-refractivity contribution in [1.29, 1.82) is 0 Å². The van der Waals surface area contributed by atoms with Crippen molar-refractivity contribution in [3.05, 3.63) is 43.4 Å². The van der Waals surface area contributed by atoms with Crippen LogP contribution in [-0.2, 0) is 18.6 Å². The number of hydrogen-bond acceptors (Lipinski definition) is 0. The van der Waals surface area contributed by atoms with Crippen molar-refractivity contribution in [3.63, 3.8) is 0 Å². The zero-order valence-corrected chi connectivity index (χ0v) is 20.4. The van der Waals surface area contributed by atoms with Gasteiger partial charge in [0.15, 0.2) is 0 Å². The van der Waals surface area contributed by atoms with E-state index >= 15 is 0 Å². The number of rotatable bonds is 8. The van der Waals surface area contributed by atoms with Crippen LogP contribution in [0.15, 0.2) is 43.4 Å². The van der Waals surface area contributed by atoms with E-state index in [-0.39, 0.29) is 48.0 Å². The molecule has 0 radical (unpaired) electrons. The summed E-state index contributed by atoms with van der Waals surface area (Å²) in [6.45, 7) is 4.59. The minimum Gasteiger partial charge on any atom is -1.00 e. The summed E-state index contributed by atoms with van der Waals surface area (Å²) in [5.74, 6) is 0. The average molecular weight is 680 g/mol. The van der Waals surface area contributed by atoms with Crippen molar-refractivity contribution < 1.29 is 66.5 Å². The van der Waals surface area contributed by atoms with Crippen molar-refractivity contribution in [2.45, 2.75) is 65.2 Å². The largest absolute Gasteiger partial charge is 1.00 e. The molecule has 0 saturated heterocycles. The molecule has 0 N–H and O–H groups in total. The van der Waals surface area contributed by atoms with Gasteiger partial charge in [0.1, 0.15) is 0 Å². The standard InChI is InChI=1S/2C9H13.2HI.W/c2*1-2-3-6-9-7-4-5-8-9;;;/h2*4,7H,2-3,5-6H2,1H3;2*1H;/q;;;;+2/p-2. The fourth-order valence-corrected chi connectivity index (χ4v) is 7.13. The fraction of sp³-hybridized carbons (Fsp3) is 0.556. The molecule has 0 unspecified atom stereocenters.